The monoisotopic (exact) mass is 346 g/mol. The largest absolute Gasteiger partial charge is 0.0654 e. The zero-order valence-electron chi connectivity index (χ0n) is 16.9. The summed E-state index contributed by atoms with van der Waals surface area (Å²) < 4.78 is 0. The van der Waals surface area contributed by atoms with Crippen molar-refractivity contribution in [2.45, 2.75) is 77.6 Å². The fraction of sp³-hybridized carbons (Fsp3) is 0.538. The molecule has 2 aliphatic rings. The molecule has 1 spiro atoms. The fourth-order valence-electron chi connectivity index (χ4n) is 5.93. The zero-order valence-corrected chi connectivity index (χ0v) is 16.9. The van der Waals surface area contributed by atoms with Gasteiger partial charge >= 0.3 is 0 Å². The first-order valence-electron chi connectivity index (χ1n) is 10.9. The van der Waals surface area contributed by atoms with E-state index in [0.717, 1.165) is 11.8 Å². The number of hydrogen-bond donors (Lipinski definition) is 0. The standard InChI is InChI=1S/C26H34/c1-4-6-10-20-17-26(18-21(20)11-7-5-2)24-13-9-8-12-22(24)23-15-14-19(3)16-25(23)26/h8-9,12-16,20-21H,4-7,10-11,17-18H2,1-3H3. The highest BCUT2D eigenvalue weighted by Gasteiger charge is 2.51. The van der Waals surface area contributed by atoms with Gasteiger partial charge in [-0.1, -0.05) is 100 Å². The van der Waals surface area contributed by atoms with Gasteiger partial charge in [-0.3, -0.25) is 0 Å². The van der Waals surface area contributed by atoms with Crippen LogP contribution in [0, 0.1) is 18.8 Å². The van der Waals surface area contributed by atoms with E-state index in [2.05, 4.69) is 63.2 Å². The molecule has 1 saturated carbocycles. The molecule has 2 aromatic carbocycles. The average molecular weight is 347 g/mol. The first-order chi connectivity index (χ1) is 12.7. The highest BCUT2D eigenvalue weighted by molar-refractivity contribution is 5.81. The quantitative estimate of drug-likeness (QED) is 0.503. The van der Waals surface area contributed by atoms with Gasteiger partial charge in [0.2, 0.25) is 0 Å². The summed E-state index contributed by atoms with van der Waals surface area (Å²) in [5, 5.41) is 0. The van der Waals surface area contributed by atoms with Crippen LogP contribution in [0.4, 0.5) is 0 Å². The predicted octanol–water partition coefficient (Wildman–Crippen LogP) is 7.67. The van der Waals surface area contributed by atoms with Crippen molar-refractivity contribution >= 4 is 0 Å². The summed E-state index contributed by atoms with van der Waals surface area (Å²) in [5.41, 5.74) is 7.98. The second-order valence-electron chi connectivity index (χ2n) is 8.89. The Morgan fingerprint density at radius 3 is 2.08 bits per heavy atom. The molecule has 0 amide bonds. The summed E-state index contributed by atoms with van der Waals surface area (Å²) in [5.74, 6) is 1.81. The number of unbranched alkanes of at least 4 members (excludes halogenated alkanes) is 2. The molecule has 0 heteroatoms. The van der Waals surface area contributed by atoms with Gasteiger partial charge < -0.3 is 0 Å². The lowest BCUT2D eigenvalue weighted by Crippen LogP contribution is -2.22. The Balaban J connectivity index is 1.78. The number of rotatable bonds is 6. The maximum atomic E-state index is 2.51. The lowest BCUT2D eigenvalue weighted by atomic mass is 9.75. The van der Waals surface area contributed by atoms with E-state index in [1.54, 1.807) is 11.1 Å². The van der Waals surface area contributed by atoms with Gasteiger partial charge in [-0.2, -0.15) is 0 Å². The van der Waals surface area contributed by atoms with Gasteiger partial charge in [0, 0.05) is 5.41 Å². The van der Waals surface area contributed by atoms with Crippen molar-refractivity contribution < 1.29 is 0 Å². The maximum Gasteiger partial charge on any atom is 0.0220 e. The van der Waals surface area contributed by atoms with E-state index < -0.39 is 0 Å². The smallest absolute Gasteiger partial charge is 0.0220 e. The SMILES string of the molecule is CCCCC1CC2(CC1CCCC)c1ccccc1-c1ccc(C)cc12. The molecule has 0 aliphatic heterocycles. The van der Waals surface area contributed by atoms with Crippen LogP contribution >= 0.6 is 0 Å². The van der Waals surface area contributed by atoms with E-state index >= 15 is 0 Å². The molecule has 2 aromatic rings. The molecule has 0 radical (unpaired) electrons. The summed E-state index contributed by atoms with van der Waals surface area (Å²) in [6, 6.07) is 16.5. The normalized spacial score (nSPS) is 26.3. The molecule has 4 rings (SSSR count). The van der Waals surface area contributed by atoms with Gasteiger partial charge in [-0.05, 0) is 53.9 Å². The summed E-state index contributed by atoms with van der Waals surface area (Å²) in [6.45, 7) is 6.94. The average Bonchev–Trinajstić information content (AvgIpc) is 3.15. The highest BCUT2D eigenvalue weighted by Crippen LogP contribution is 2.61. The van der Waals surface area contributed by atoms with Crippen LogP contribution in [0.1, 0.15) is 81.9 Å². The first-order valence-corrected chi connectivity index (χ1v) is 10.9. The Bertz CT molecular complexity index is 753. The fourth-order valence-corrected chi connectivity index (χ4v) is 5.93. The van der Waals surface area contributed by atoms with Crippen LogP contribution in [-0.2, 0) is 5.41 Å². The minimum Gasteiger partial charge on any atom is -0.0654 e. The van der Waals surface area contributed by atoms with Gasteiger partial charge in [-0.15, -0.1) is 0 Å². The molecular formula is C26H34. The molecule has 138 valence electrons. The van der Waals surface area contributed by atoms with Gasteiger partial charge in [0.15, 0.2) is 0 Å². The van der Waals surface area contributed by atoms with E-state index in [1.807, 2.05) is 0 Å². The minimum atomic E-state index is 0.286. The van der Waals surface area contributed by atoms with Crippen LogP contribution in [0.3, 0.4) is 0 Å². The lowest BCUT2D eigenvalue weighted by molar-refractivity contribution is 0.328. The Hall–Kier alpha value is -1.56. The Labute approximate surface area is 160 Å². The molecule has 0 saturated heterocycles. The molecule has 2 atom stereocenters. The lowest BCUT2D eigenvalue weighted by Gasteiger charge is -2.28. The van der Waals surface area contributed by atoms with Gasteiger partial charge in [0.25, 0.3) is 0 Å². The number of hydrogen-bond acceptors (Lipinski definition) is 0. The van der Waals surface area contributed by atoms with Crippen molar-refractivity contribution in [3.63, 3.8) is 0 Å². The Morgan fingerprint density at radius 2 is 1.42 bits per heavy atom. The van der Waals surface area contributed by atoms with E-state index in [0.29, 0.717) is 0 Å². The molecule has 2 unspecified atom stereocenters. The molecule has 26 heavy (non-hydrogen) atoms. The Kier molecular flexibility index (Phi) is 4.95. The second-order valence-corrected chi connectivity index (χ2v) is 8.89. The van der Waals surface area contributed by atoms with Crippen LogP contribution in [0.15, 0.2) is 42.5 Å². The molecule has 0 bridgehead atoms. The molecule has 0 aromatic heterocycles. The third kappa shape index (κ3) is 2.82. The van der Waals surface area contributed by atoms with Crippen LogP contribution in [0.25, 0.3) is 11.1 Å². The summed E-state index contributed by atoms with van der Waals surface area (Å²) in [7, 11) is 0. The molecule has 0 nitrogen and oxygen atoms in total. The van der Waals surface area contributed by atoms with Gasteiger partial charge in [-0.25, -0.2) is 0 Å². The second kappa shape index (κ2) is 7.22. The van der Waals surface area contributed by atoms with Gasteiger partial charge in [0.1, 0.15) is 0 Å². The van der Waals surface area contributed by atoms with E-state index in [9.17, 15) is 0 Å². The Morgan fingerprint density at radius 1 is 0.808 bits per heavy atom. The van der Waals surface area contributed by atoms with Crippen LogP contribution in [0.5, 0.6) is 0 Å². The maximum absolute atomic E-state index is 2.51. The third-order valence-corrected chi connectivity index (χ3v) is 7.17. The van der Waals surface area contributed by atoms with Crippen LogP contribution in [-0.4, -0.2) is 0 Å². The first kappa shape index (κ1) is 17.8. The van der Waals surface area contributed by atoms with Crippen LogP contribution in [0.2, 0.25) is 0 Å². The van der Waals surface area contributed by atoms with Crippen molar-refractivity contribution in [1.29, 1.82) is 0 Å². The minimum absolute atomic E-state index is 0.286. The molecular weight excluding hydrogens is 312 g/mol. The summed E-state index contributed by atoms with van der Waals surface area (Å²) in [6.07, 6.45) is 11.0. The number of aryl methyl sites for hydroxylation is 1. The van der Waals surface area contributed by atoms with Crippen molar-refractivity contribution in [1.82, 2.24) is 0 Å². The van der Waals surface area contributed by atoms with Crippen molar-refractivity contribution in [3.8, 4) is 11.1 Å². The molecule has 0 N–H and O–H groups in total. The van der Waals surface area contributed by atoms with Crippen molar-refractivity contribution in [2.75, 3.05) is 0 Å². The molecule has 0 heterocycles. The summed E-state index contributed by atoms with van der Waals surface area (Å²) >= 11 is 0. The zero-order chi connectivity index (χ0) is 18.1. The highest BCUT2D eigenvalue weighted by atomic mass is 14.5. The van der Waals surface area contributed by atoms with E-state index in [1.165, 1.54) is 68.1 Å². The number of fused-ring (bicyclic) bond motifs is 5. The van der Waals surface area contributed by atoms with Crippen molar-refractivity contribution in [3.05, 3.63) is 59.2 Å². The third-order valence-electron chi connectivity index (χ3n) is 7.17. The molecule has 2 aliphatic carbocycles. The van der Waals surface area contributed by atoms with E-state index in [-0.39, 0.29) is 5.41 Å². The molecule has 1 fully saturated rings. The van der Waals surface area contributed by atoms with Crippen LogP contribution < -0.4 is 0 Å². The topological polar surface area (TPSA) is 0 Å². The van der Waals surface area contributed by atoms with E-state index in [4.69, 9.17) is 0 Å². The number of benzene rings is 2. The van der Waals surface area contributed by atoms with Crippen molar-refractivity contribution in [2.24, 2.45) is 11.8 Å². The summed E-state index contributed by atoms with van der Waals surface area (Å²) in [4.78, 5) is 0. The van der Waals surface area contributed by atoms with Gasteiger partial charge in [0.05, 0.1) is 0 Å². The predicted molar refractivity (Wildman–Crippen MR) is 113 cm³/mol.